The molecule has 0 saturated heterocycles. The van der Waals surface area contributed by atoms with Crippen molar-refractivity contribution in [1.29, 1.82) is 0 Å². The maximum atomic E-state index is 13.7. The van der Waals surface area contributed by atoms with Crippen molar-refractivity contribution in [2.75, 3.05) is 5.73 Å². The van der Waals surface area contributed by atoms with Crippen LogP contribution in [0.1, 0.15) is 31.5 Å². The highest BCUT2D eigenvalue weighted by Gasteiger charge is 2.41. The van der Waals surface area contributed by atoms with Gasteiger partial charge in [-0.3, -0.25) is 13.8 Å². The predicted molar refractivity (Wildman–Crippen MR) is 140 cm³/mol. The number of H-pyrrole nitrogens is 1. The number of anilines is 1. The number of aromatic nitrogens is 5. The molecule has 0 aliphatic heterocycles. The molecular weight excluding hydrogens is 452 g/mol. The third-order valence-corrected chi connectivity index (χ3v) is 7.36. The standard InChI is InChI=1S/C28H24N6O2/c1-28(36)14-18(15-28)26-32-23(24-25(29)31-10-12-34(24)26)17-6-5-16-8-11-33(27(35)20(16)13-17)22-4-2-3-21-19(22)7-9-30-21/h2-13,18,30,36H,14-15H2,1H3,(H2,29,31). The quantitative estimate of drug-likeness (QED) is 0.350. The maximum Gasteiger partial charge on any atom is 0.262 e. The van der Waals surface area contributed by atoms with Gasteiger partial charge in [-0.2, -0.15) is 0 Å². The van der Waals surface area contributed by atoms with E-state index in [0.717, 1.165) is 33.4 Å². The minimum atomic E-state index is -0.675. The number of hydrogen-bond donors (Lipinski definition) is 3. The van der Waals surface area contributed by atoms with Crippen LogP contribution in [0.3, 0.4) is 0 Å². The van der Waals surface area contributed by atoms with Gasteiger partial charge in [-0.25, -0.2) is 9.97 Å². The number of nitrogen functional groups attached to an aromatic ring is 1. The second-order valence-electron chi connectivity index (χ2n) is 9.96. The first-order valence-corrected chi connectivity index (χ1v) is 12.0. The molecule has 178 valence electrons. The van der Waals surface area contributed by atoms with Crippen molar-refractivity contribution < 1.29 is 5.11 Å². The Balaban J connectivity index is 1.42. The summed E-state index contributed by atoms with van der Waals surface area (Å²) >= 11 is 0. The number of benzene rings is 2. The molecule has 0 bridgehead atoms. The summed E-state index contributed by atoms with van der Waals surface area (Å²) in [6.07, 6.45) is 8.49. The first-order valence-electron chi connectivity index (χ1n) is 12.0. The minimum absolute atomic E-state index is 0.104. The predicted octanol–water partition coefficient (Wildman–Crippen LogP) is 4.39. The Morgan fingerprint density at radius 3 is 2.81 bits per heavy atom. The van der Waals surface area contributed by atoms with Crippen LogP contribution in [0.5, 0.6) is 0 Å². The first-order chi connectivity index (χ1) is 17.4. The first kappa shape index (κ1) is 20.9. The number of imidazole rings is 1. The van der Waals surface area contributed by atoms with Crippen LogP contribution in [0.4, 0.5) is 5.82 Å². The monoisotopic (exact) mass is 476 g/mol. The van der Waals surface area contributed by atoms with Gasteiger partial charge in [0, 0.05) is 52.6 Å². The number of nitrogens with one attached hydrogen (secondary N) is 1. The maximum absolute atomic E-state index is 13.7. The van der Waals surface area contributed by atoms with Gasteiger partial charge >= 0.3 is 0 Å². The van der Waals surface area contributed by atoms with E-state index in [9.17, 15) is 9.90 Å². The van der Waals surface area contributed by atoms with E-state index in [1.807, 2.05) is 78.4 Å². The summed E-state index contributed by atoms with van der Waals surface area (Å²) < 4.78 is 3.66. The molecule has 0 spiro atoms. The zero-order valence-corrected chi connectivity index (χ0v) is 19.6. The summed E-state index contributed by atoms with van der Waals surface area (Å²) in [5.74, 6) is 1.36. The topological polar surface area (TPSA) is 114 Å². The number of rotatable bonds is 3. The normalized spacial score (nSPS) is 19.8. The molecule has 36 heavy (non-hydrogen) atoms. The van der Waals surface area contributed by atoms with Gasteiger partial charge in [0.1, 0.15) is 22.9 Å². The molecule has 1 aliphatic carbocycles. The molecule has 0 atom stereocenters. The lowest BCUT2D eigenvalue weighted by atomic mass is 9.72. The largest absolute Gasteiger partial charge is 0.390 e. The molecule has 0 unspecified atom stereocenters. The van der Waals surface area contributed by atoms with E-state index in [-0.39, 0.29) is 11.5 Å². The number of nitrogens with two attached hydrogens (primary N) is 1. The van der Waals surface area contributed by atoms with Crippen molar-refractivity contribution in [3.8, 4) is 16.9 Å². The van der Waals surface area contributed by atoms with Crippen LogP contribution in [0.25, 0.3) is 44.1 Å². The highest BCUT2D eigenvalue weighted by Crippen LogP contribution is 2.45. The van der Waals surface area contributed by atoms with Gasteiger partial charge < -0.3 is 15.8 Å². The van der Waals surface area contributed by atoms with E-state index >= 15 is 0 Å². The van der Waals surface area contributed by atoms with Crippen molar-refractivity contribution >= 4 is 33.0 Å². The van der Waals surface area contributed by atoms with Gasteiger partial charge in [0.15, 0.2) is 0 Å². The van der Waals surface area contributed by atoms with Gasteiger partial charge in [0.2, 0.25) is 0 Å². The molecule has 1 saturated carbocycles. The summed E-state index contributed by atoms with van der Waals surface area (Å²) in [4.78, 5) is 26.2. The third kappa shape index (κ3) is 3.01. The lowest BCUT2D eigenvalue weighted by molar-refractivity contribution is -0.0335. The minimum Gasteiger partial charge on any atom is -0.390 e. The summed E-state index contributed by atoms with van der Waals surface area (Å²) in [6, 6.07) is 15.6. The number of aliphatic hydroxyl groups is 1. The Labute approximate surface area is 205 Å². The SMILES string of the molecule is CC1(O)CC(c2nc(-c3ccc4ccn(-c5cccc6[nH]ccc56)c(=O)c4c3)c3c(N)nccn23)C1. The van der Waals surface area contributed by atoms with Gasteiger partial charge in [-0.1, -0.05) is 18.2 Å². The van der Waals surface area contributed by atoms with Gasteiger partial charge in [-0.15, -0.1) is 0 Å². The molecule has 1 aliphatic rings. The fourth-order valence-corrected chi connectivity index (χ4v) is 5.62. The second-order valence-corrected chi connectivity index (χ2v) is 9.96. The van der Waals surface area contributed by atoms with Crippen LogP contribution in [0.2, 0.25) is 0 Å². The highest BCUT2D eigenvalue weighted by atomic mass is 16.3. The smallest absolute Gasteiger partial charge is 0.262 e. The summed E-state index contributed by atoms with van der Waals surface area (Å²) in [6.45, 7) is 1.85. The Kier molecular flexibility index (Phi) is 4.23. The number of pyridine rings is 1. The van der Waals surface area contributed by atoms with Crippen molar-refractivity contribution in [3.63, 3.8) is 0 Å². The molecule has 7 rings (SSSR count). The average Bonchev–Trinajstić information content (AvgIpc) is 3.48. The lowest BCUT2D eigenvalue weighted by Gasteiger charge is -2.40. The molecule has 4 N–H and O–H groups in total. The Hall–Kier alpha value is -4.43. The van der Waals surface area contributed by atoms with E-state index < -0.39 is 5.60 Å². The Bertz CT molecular complexity index is 1870. The Morgan fingerprint density at radius 2 is 1.97 bits per heavy atom. The summed E-state index contributed by atoms with van der Waals surface area (Å²) in [5.41, 5.74) is 9.54. The zero-order valence-electron chi connectivity index (χ0n) is 19.6. The summed E-state index contributed by atoms with van der Waals surface area (Å²) in [7, 11) is 0. The molecule has 1 fully saturated rings. The van der Waals surface area contributed by atoms with Crippen LogP contribution >= 0.6 is 0 Å². The van der Waals surface area contributed by atoms with Crippen LogP contribution in [0, 0.1) is 0 Å². The van der Waals surface area contributed by atoms with E-state index in [0.29, 0.717) is 35.3 Å². The highest BCUT2D eigenvalue weighted by molar-refractivity contribution is 5.93. The molecule has 2 aromatic carbocycles. The third-order valence-electron chi connectivity index (χ3n) is 7.36. The molecule has 0 amide bonds. The molecule has 8 heteroatoms. The molecule has 0 radical (unpaired) electrons. The number of nitrogens with zero attached hydrogens (tertiary/aromatic N) is 4. The van der Waals surface area contributed by atoms with Gasteiger partial charge in [-0.05, 0) is 55.5 Å². The van der Waals surface area contributed by atoms with Gasteiger partial charge in [0.05, 0.1) is 11.3 Å². The van der Waals surface area contributed by atoms with E-state index in [4.69, 9.17) is 10.7 Å². The molecular formula is C28H24N6O2. The molecule has 6 aromatic rings. The van der Waals surface area contributed by atoms with Crippen molar-refractivity contribution in [2.45, 2.75) is 31.3 Å². The van der Waals surface area contributed by atoms with Crippen molar-refractivity contribution in [2.24, 2.45) is 0 Å². The fraction of sp³-hybridized carbons (Fsp3) is 0.179. The van der Waals surface area contributed by atoms with E-state index in [1.165, 1.54) is 0 Å². The fourth-order valence-electron chi connectivity index (χ4n) is 5.62. The summed E-state index contributed by atoms with van der Waals surface area (Å²) in [5, 5.41) is 12.7. The van der Waals surface area contributed by atoms with E-state index in [1.54, 1.807) is 10.8 Å². The molecule has 4 heterocycles. The number of hydrogen-bond acceptors (Lipinski definition) is 5. The van der Waals surface area contributed by atoms with Crippen LogP contribution in [-0.2, 0) is 0 Å². The molecule has 4 aromatic heterocycles. The lowest BCUT2D eigenvalue weighted by Crippen LogP contribution is -2.40. The second kappa shape index (κ2) is 7.29. The average molecular weight is 477 g/mol. The van der Waals surface area contributed by atoms with Crippen molar-refractivity contribution in [1.82, 2.24) is 23.9 Å². The van der Waals surface area contributed by atoms with Gasteiger partial charge in [0.25, 0.3) is 5.56 Å². The van der Waals surface area contributed by atoms with Crippen LogP contribution < -0.4 is 11.3 Å². The number of fused-ring (bicyclic) bond motifs is 3. The Morgan fingerprint density at radius 1 is 1.11 bits per heavy atom. The zero-order chi connectivity index (χ0) is 24.6. The van der Waals surface area contributed by atoms with E-state index in [2.05, 4.69) is 9.97 Å². The molecule has 8 nitrogen and oxygen atoms in total. The van der Waals surface area contributed by atoms with Crippen LogP contribution in [-0.4, -0.2) is 34.6 Å². The van der Waals surface area contributed by atoms with Crippen molar-refractivity contribution in [3.05, 3.63) is 89.5 Å². The van der Waals surface area contributed by atoms with Crippen LogP contribution in [0.15, 0.2) is 78.1 Å². The number of aromatic amines is 1.